The number of amides is 1. The van der Waals surface area contributed by atoms with Gasteiger partial charge in [-0.25, -0.2) is 4.39 Å². The average molecular weight is 461 g/mol. The lowest BCUT2D eigenvalue weighted by atomic mass is 9.97. The van der Waals surface area contributed by atoms with Crippen LogP contribution >= 0.6 is 0 Å². The summed E-state index contributed by atoms with van der Waals surface area (Å²) in [6, 6.07) is 8.99. The third kappa shape index (κ3) is 4.22. The third-order valence-corrected chi connectivity index (χ3v) is 6.70. The second-order valence-corrected chi connectivity index (χ2v) is 9.19. The van der Waals surface area contributed by atoms with Crippen LogP contribution in [0, 0.1) is 19.7 Å². The second-order valence-electron chi connectivity index (χ2n) is 9.19. The molecular formula is C27H29FN4O2. The maximum absolute atomic E-state index is 14.3. The summed E-state index contributed by atoms with van der Waals surface area (Å²) in [4.78, 5) is 23.0. The molecule has 0 bridgehead atoms. The van der Waals surface area contributed by atoms with Gasteiger partial charge in [0.2, 0.25) is 6.41 Å². The Kier molecular flexibility index (Phi) is 5.94. The highest BCUT2D eigenvalue weighted by atomic mass is 19.1. The first-order valence-corrected chi connectivity index (χ1v) is 11.8. The van der Waals surface area contributed by atoms with Crippen LogP contribution < -0.4 is 15.0 Å². The lowest BCUT2D eigenvalue weighted by Crippen LogP contribution is -2.24. The maximum Gasteiger partial charge on any atom is 0.214 e. The van der Waals surface area contributed by atoms with Crippen molar-refractivity contribution in [3.05, 3.63) is 76.1 Å². The van der Waals surface area contributed by atoms with Gasteiger partial charge < -0.3 is 15.0 Å². The fraction of sp³-hybridized carbons (Fsp3) is 0.370. The van der Waals surface area contributed by atoms with Crippen LogP contribution in [0.1, 0.15) is 65.1 Å². The zero-order valence-electron chi connectivity index (χ0n) is 19.8. The Morgan fingerprint density at radius 1 is 1.21 bits per heavy atom. The number of hydrogen-bond acceptors (Lipinski definition) is 5. The van der Waals surface area contributed by atoms with E-state index in [4.69, 9.17) is 9.72 Å². The number of anilines is 2. The van der Waals surface area contributed by atoms with Crippen molar-refractivity contribution in [2.75, 3.05) is 17.3 Å². The lowest BCUT2D eigenvalue weighted by molar-refractivity contribution is -0.107. The van der Waals surface area contributed by atoms with Crippen molar-refractivity contribution in [2.45, 2.75) is 58.1 Å². The lowest BCUT2D eigenvalue weighted by Gasteiger charge is -2.29. The Bertz CT molecular complexity index is 1240. The molecule has 0 radical (unpaired) electrons. The summed E-state index contributed by atoms with van der Waals surface area (Å²) in [6.45, 7) is 4.42. The molecule has 176 valence electrons. The van der Waals surface area contributed by atoms with Gasteiger partial charge in [0.25, 0.3) is 0 Å². The minimum atomic E-state index is -0.451. The smallest absolute Gasteiger partial charge is 0.214 e. The number of nitrogens with zero attached hydrogens (tertiary/aromatic N) is 3. The van der Waals surface area contributed by atoms with E-state index in [9.17, 15) is 9.18 Å². The summed E-state index contributed by atoms with van der Waals surface area (Å²) in [7, 11) is 1.90. The summed E-state index contributed by atoms with van der Waals surface area (Å²) in [5, 5.41) is 3.28. The van der Waals surface area contributed by atoms with E-state index in [1.54, 1.807) is 17.2 Å². The third-order valence-electron chi connectivity index (χ3n) is 6.70. The number of aryl methyl sites for hydroxylation is 3. The summed E-state index contributed by atoms with van der Waals surface area (Å²) < 4.78 is 20.5. The number of rotatable bonds is 7. The summed E-state index contributed by atoms with van der Waals surface area (Å²) in [5.74, 6) is 0.765. The molecule has 7 heteroatoms. The Morgan fingerprint density at radius 3 is 2.74 bits per heavy atom. The van der Waals surface area contributed by atoms with Crippen molar-refractivity contribution in [2.24, 2.45) is 0 Å². The SMILES string of the molecule is CNc1cc(C)nc(C2CC2)c1CN(C=O)c1cc2c(cc1C)CCC(c1ncccc1F)O2. The minimum absolute atomic E-state index is 0.320. The number of benzene rings is 1. The molecule has 0 saturated heterocycles. The number of hydrogen-bond donors (Lipinski definition) is 1. The second kappa shape index (κ2) is 9.05. The molecule has 1 aliphatic carbocycles. The van der Waals surface area contributed by atoms with Crippen molar-refractivity contribution >= 4 is 17.8 Å². The van der Waals surface area contributed by atoms with Crippen molar-refractivity contribution in [1.29, 1.82) is 0 Å². The fourth-order valence-electron chi connectivity index (χ4n) is 4.83. The maximum atomic E-state index is 14.3. The molecule has 5 rings (SSSR count). The number of nitrogens with one attached hydrogen (secondary N) is 1. The van der Waals surface area contributed by atoms with Crippen molar-refractivity contribution < 1.29 is 13.9 Å². The number of carbonyl (C=O) groups is 1. The van der Waals surface area contributed by atoms with Gasteiger partial charge in [-0.3, -0.25) is 14.8 Å². The Labute approximate surface area is 199 Å². The quantitative estimate of drug-likeness (QED) is 0.480. The van der Waals surface area contributed by atoms with Gasteiger partial charge in [-0.05, 0) is 68.9 Å². The van der Waals surface area contributed by atoms with Crippen LogP contribution in [-0.4, -0.2) is 23.4 Å². The fourth-order valence-corrected chi connectivity index (χ4v) is 4.83. The zero-order chi connectivity index (χ0) is 23.8. The molecule has 1 fully saturated rings. The minimum Gasteiger partial charge on any atom is -0.484 e. The monoisotopic (exact) mass is 460 g/mol. The van der Waals surface area contributed by atoms with Crippen molar-refractivity contribution in [1.82, 2.24) is 9.97 Å². The average Bonchev–Trinajstić information content (AvgIpc) is 3.68. The van der Waals surface area contributed by atoms with Gasteiger partial charge in [-0.2, -0.15) is 0 Å². The topological polar surface area (TPSA) is 67.4 Å². The van der Waals surface area contributed by atoms with E-state index in [2.05, 4.69) is 16.4 Å². The molecule has 2 aliphatic rings. The van der Waals surface area contributed by atoms with Crippen LogP contribution in [0.3, 0.4) is 0 Å². The number of fused-ring (bicyclic) bond motifs is 1. The zero-order valence-corrected chi connectivity index (χ0v) is 19.8. The molecule has 1 atom stereocenters. The number of aromatic nitrogens is 2. The molecule has 1 N–H and O–H groups in total. The van der Waals surface area contributed by atoms with Crippen LogP contribution in [0.15, 0.2) is 36.5 Å². The molecule has 1 aliphatic heterocycles. The molecule has 3 aromatic rings. The molecule has 34 heavy (non-hydrogen) atoms. The summed E-state index contributed by atoms with van der Waals surface area (Å²) >= 11 is 0. The molecule has 1 saturated carbocycles. The van der Waals surface area contributed by atoms with Crippen molar-refractivity contribution in [3.8, 4) is 5.75 Å². The number of halogens is 1. The predicted octanol–water partition coefficient (Wildman–Crippen LogP) is 5.38. The summed E-state index contributed by atoms with van der Waals surface area (Å²) in [6.07, 6.45) is 5.67. The van der Waals surface area contributed by atoms with Crippen LogP contribution in [-0.2, 0) is 17.8 Å². The van der Waals surface area contributed by atoms with E-state index in [-0.39, 0.29) is 5.82 Å². The van der Waals surface area contributed by atoms with Crippen LogP contribution in [0.25, 0.3) is 0 Å². The highest BCUT2D eigenvalue weighted by Crippen LogP contribution is 2.44. The molecular weight excluding hydrogens is 431 g/mol. The molecule has 1 amide bonds. The molecule has 3 heterocycles. The molecule has 1 unspecified atom stereocenters. The van der Waals surface area contributed by atoms with E-state index in [1.807, 2.05) is 33.0 Å². The normalized spacial score (nSPS) is 17.0. The standard InChI is InChI=1S/C27H29FN4O2/c1-16-11-19-8-9-24(27-21(28)5-4-10-30-27)34-25(19)13-23(16)32(15-33)14-20-22(29-3)12-17(2)31-26(20)18-6-7-18/h4-5,10-13,15,18,24H,6-9,14H2,1-3H3,(H,29,31). The Balaban J connectivity index is 1.48. The van der Waals surface area contributed by atoms with E-state index in [0.29, 0.717) is 30.3 Å². The van der Waals surface area contributed by atoms with E-state index in [0.717, 1.165) is 65.1 Å². The van der Waals surface area contributed by atoms with E-state index >= 15 is 0 Å². The van der Waals surface area contributed by atoms with E-state index in [1.165, 1.54) is 6.07 Å². The Morgan fingerprint density at radius 2 is 2.03 bits per heavy atom. The van der Waals surface area contributed by atoms with Crippen LogP contribution in [0.5, 0.6) is 5.75 Å². The highest BCUT2D eigenvalue weighted by molar-refractivity contribution is 5.79. The van der Waals surface area contributed by atoms with Crippen molar-refractivity contribution in [3.63, 3.8) is 0 Å². The number of carbonyl (C=O) groups excluding carboxylic acids is 1. The van der Waals surface area contributed by atoms with Gasteiger partial charge in [-0.15, -0.1) is 0 Å². The first-order valence-electron chi connectivity index (χ1n) is 11.8. The van der Waals surface area contributed by atoms with Gasteiger partial charge in [-0.1, -0.05) is 6.07 Å². The largest absolute Gasteiger partial charge is 0.484 e. The summed E-state index contributed by atoms with van der Waals surface area (Å²) in [5.41, 5.74) is 7.25. The van der Waals surface area contributed by atoms with Gasteiger partial charge >= 0.3 is 0 Å². The Hall–Kier alpha value is -3.48. The van der Waals surface area contributed by atoms with Gasteiger partial charge in [0.15, 0.2) is 0 Å². The van der Waals surface area contributed by atoms with Crippen LogP contribution in [0.4, 0.5) is 15.8 Å². The van der Waals surface area contributed by atoms with Gasteiger partial charge in [0, 0.05) is 42.2 Å². The van der Waals surface area contributed by atoms with Gasteiger partial charge in [0.05, 0.1) is 17.9 Å². The molecule has 1 aromatic carbocycles. The molecule has 0 spiro atoms. The van der Waals surface area contributed by atoms with Gasteiger partial charge in [0.1, 0.15) is 23.4 Å². The van der Waals surface area contributed by atoms with E-state index < -0.39 is 6.10 Å². The first-order chi connectivity index (χ1) is 16.5. The molecule has 2 aromatic heterocycles. The number of ether oxygens (including phenoxy) is 1. The highest BCUT2D eigenvalue weighted by Gasteiger charge is 2.31. The van der Waals surface area contributed by atoms with Crippen LogP contribution in [0.2, 0.25) is 0 Å². The predicted molar refractivity (Wildman–Crippen MR) is 130 cm³/mol. The first kappa shape index (κ1) is 22.3. The molecule has 6 nitrogen and oxygen atoms in total. The number of pyridine rings is 2.